The molecule has 2 heterocycles. The summed E-state index contributed by atoms with van der Waals surface area (Å²) in [4.78, 5) is 24.1. The molecule has 0 amide bonds. The van der Waals surface area contributed by atoms with Crippen LogP contribution >= 0.6 is 0 Å². The zero-order chi connectivity index (χ0) is 14.2. The molecule has 1 fully saturated rings. The Morgan fingerprint density at radius 2 is 2.00 bits per heavy atom. The van der Waals surface area contributed by atoms with Crippen molar-refractivity contribution in [2.24, 2.45) is 13.0 Å². The molecule has 1 aromatic rings. The molecule has 0 atom stereocenters. The summed E-state index contributed by atoms with van der Waals surface area (Å²) >= 11 is 0. The number of anilines is 1. The smallest absolute Gasteiger partial charge is 0.333 e. The molecule has 1 saturated heterocycles. The first-order valence-corrected chi connectivity index (χ1v) is 6.35. The van der Waals surface area contributed by atoms with E-state index in [0.717, 1.165) is 12.8 Å². The Morgan fingerprint density at radius 3 is 2.47 bits per heavy atom. The normalized spacial score (nSPS) is 16.7. The van der Waals surface area contributed by atoms with E-state index in [1.54, 1.807) is 25.6 Å². The van der Waals surface area contributed by atoms with Crippen molar-refractivity contribution in [1.29, 1.82) is 0 Å². The minimum Gasteiger partial charge on any atom is -0.351 e. The van der Waals surface area contributed by atoms with Gasteiger partial charge in [-0.2, -0.15) is 5.10 Å². The molecule has 7 heteroatoms. The fraction of sp³-hybridized carbons (Fsp3) is 0.667. The van der Waals surface area contributed by atoms with Crippen LogP contribution < -0.4 is 4.90 Å². The summed E-state index contributed by atoms with van der Waals surface area (Å²) in [7, 11) is 1.71. The monoisotopic (exact) mass is 266 g/mol. The van der Waals surface area contributed by atoms with Gasteiger partial charge in [0.05, 0.1) is 4.92 Å². The zero-order valence-electron chi connectivity index (χ0n) is 11.4. The second-order valence-corrected chi connectivity index (χ2v) is 5.01. The number of carbonyl (C=O) groups is 1. The highest BCUT2D eigenvalue weighted by Gasteiger charge is 2.31. The van der Waals surface area contributed by atoms with Gasteiger partial charge in [0, 0.05) is 26.1 Å². The van der Waals surface area contributed by atoms with Crippen LogP contribution in [0, 0.1) is 23.0 Å². The number of ketones is 1. The molecule has 0 bridgehead atoms. The second-order valence-electron chi connectivity index (χ2n) is 5.01. The molecular weight excluding hydrogens is 248 g/mol. The lowest BCUT2D eigenvalue weighted by Crippen LogP contribution is -2.37. The third-order valence-electron chi connectivity index (χ3n) is 3.71. The lowest BCUT2D eigenvalue weighted by atomic mass is 9.93. The number of piperidine rings is 1. The van der Waals surface area contributed by atoms with E-state index in [-0.39, 0.29) is 22.3 Å². The van der Waals surface area contributed by atoms with Crippen LogP contribution in [-0.4, -0.2) is 33.6 Å². The molecule has 1 aromatic heterocycles. The van der Waals surface area contributed by atoms with Gasteiger partial charge in [-0.25, -0.2) is 4.68 Å². The van der Waals surface area contributed by atoms with E-state index < -0.39 is 0 Å². The predicted octanol–water partition coefficient (Wildman–Crippen LogP) is 1.44. The topological polar surface area (TPSA) is 81.3 Å². The number of rotatable bonds is 3. The lowest BCUT2D eigenvalue weighted by molar-refractivity contribution is -0.384. The summed E-state index contributed by atoms with van der Waals surface area (Å²) in [6, 6.07) is 0. The number of nitro groups is 1. The summed E-state index contributed by atoms with van der Waals surface area (Å²) < 4.78 is 1.56. The first-order chi connectivity index (χ1) is 8.91. The number of nitrogens with zero attached hydrogens (tertiary/aromatic N) is 4. The van der Waals surface area contributed by atoms with Crippen molar-refractivity contribution in [3.8, 4) is 0 Å². The van der Waals surface area contributed by atoms with Gasteiger partial charge in [-0.1, -0.05) is 0 Å². The average Bonchev–Trinajstić information content (AvgIpc) is 2.64. The fourth-order valence-electron chi connectivity index (χ4n) is 2.70. The van der Waals surface area contributed by atoms with Crippen molar-refractivity contribution >= 4 is 17.3 Å². The van der Waals surface area contributed by atoms with Crippen LogP contribution in [-0.2, 0) is 11.8 Å². The van der Waals surface area contributed by atoms with E-state index >= 15 is 0 Å². The van der Waals surface area contributed by atoms with Crippen LogP contribution in [0.4, 0.5) is 11.5 Å². The van der Waals surface area contributed by atoms with Crippen molar-refractivity contribution in [2.45, 2.75) is 26.7 Å². The Morgan fingerprint density at radius 1 is 1.42 bits per heavy atom. The Bertz CT molecular complexity index is 515. The molecule has 19 heavy (non-hydrogen) atoms. The zero-order valence-corrected chi connectivity index (χ0v) is 11.4. The first-order valence-electron chi connectivity index (χ1n) is 6.35. The van der Waals surface area contributed by atoms with Crippen LogP contribution in [0.5, 0.6) is 0 Å². The van der Waals surface area contributed by atoms with Gasteiger partial charge >= 0.3 is 5.69 Å². The van der Waals surface area contributed by atoms with E-state index in [2.05, 4.69) is 5.10 Å². The number of aryl methyl sites for hydroxylation is 2. The molecule has 0 saturated carbocycles. The summed E-state index contributed by atoms with van der Waals surface area (Å²) in [5, 5.41) is 15.3. The molecule has 0 radical (unpaired) electrons. The highest BCUT2D eigenvalue weighted by Crippen LogP contribution is 2.33. The van der Waals surface area contributed by atoms with Crippen molar-refractivity contribution in [3.05, 3.63) is 15.8 Å². The van der Waals surface area contributed by atoms with Crippen LogP contribution in [0.25, 0.3) is 0 Å². The highest BCUT2D eigenvalue weighted by atomic mass is 16.6. The molecule has 1 aliphatic rings. The van der Waals surface area contributed by atoms with Gasteiger partial charge in [-0.05, 0) is 26.7 Å². The maximum atomic E-state index is 11.3. The van der Waals surface area contributed by atoms with Gasteiger partial charge in [-0.3, -0.25) is 14.9 Å². The van der Waals surface area contributed by atoms with Crippen molar-refractivity contribution in [3.63, 3.8) is 0 Å². The molecule has 0 aromatic carbocycles. The summed E-state index contributed by atoms with van der Waals surface area (Å²) in [5.74, 6) is 0.837. The standard InChI is InChI=1S/C12H18N4O3/c1-8-11(16(18)19)12(14(3)13-8)15-6-4-10(5-7-15)9(2)17/h10H,4-7H2,1-3H3. The first kappa shape index (κ1) is 13.5. The maximum absolute atomic E-state index is 11.3. The van der Waals surface area contributed by atoms with Crippen molar-refractivity contribution < 1.29 is 9.72 Å². The molecule has 2 rings (SSSR count). The number of carbonyl (C=O) groups excluding carboxylic acids is 1. The van der Waals surface area contributed by atoms with Gasteiger partial charge < -0.3 is 4.90 Å². The second kappa shape index (κ2) is 4.99. The van der Waals surface area contributed by atoms with Gasteiger partial charge in [0.2, 0.25) is 5.82 Å². The number of hydrogen-bond acceptors (Lipinski definition) is 5. The lowest BCUT2D eigenvalue weighted by Gasteiger charge is -2.31. The van der Waals surface area contributed by atoms with Crippen LogP contribution in [0.15, 0.2) is 0 Å². The Hall–Kier alpha value is -1.92. The maximum Gasteiger partial charge on any atom is 0.333 e. The van der Waals surface area contributed by atoms with Gasteiger partial charge in [0.25, 0.3) is 0 Å². The average molecular weight is 266 g/mol. The van der Waals surface area contributed by atoms with E-state index in [9.17, 15) is 14.9 Å². The van der Waals surface area contributed by atoms with Crippen molar-refractivity contribution in [1.82, 2.24) is 9.78 Å². The van der Waals surface area contributed by atoms with Gasteiger partial charge in [-0.15, -0.1) is 0 Å². The quantitative estimate of drug-likeness (QED) is 0.610. The Labute approximate surface area is 111 Å². The minimum absolute atomic E-state index is 0.0729. The van der Waals surface area contributed by atoms with E-state index in [1.807, 2.05) is 4.90 Å². The molecule has 1 aliphatic heterocycles. The number of aromatic nitrogens is 2. The number of hydrogen-bond donors (Lipinski definition) is 0. The largest absolute Gasteiger partial charge is 0.351 e. The van der Waals surface area contributed by atoms with E-state index in [1.165, 1.54) is 0 Å². The molecule has 7 nitrogen and oxygen atoms in total. The van der Waals surface area contributed by atoms with Crippen LogP contribution in [0.3, 0.4) is 0 Å². The summed E-state index contributed by atoms with van der Waals surface area (Å²) in [5.41, 5.74) is 0.500. The number of Topliss-reactive ketones (excluding diaryl/α,β-unsaturated/α-hetero) is 1. The van der Waals surface area contributed by atoms with E-state index in [4.69, 9.17) is 0 Å². The Kier molecular flexibility index (Phi) is 3.55. The van der Waals surface area contributed by atoms with Crippen LogP contribution in [0.1, 0.15) is 25.5 Å². The molecule has 0 N–H and O–H groups in total. The predicted molar refractivity (Wildman–Crippen MR) is 70.2 cm³/mol. The third kappa shape index (κ3) is 2.45. The molecule has 0 spiro atoms. The van der Waals surface area contributed by atoms with Crippen LogP contribution in [0.2, 0.25) is 0 Å². The molecular formula is C12H18N4O3. The Balaban J connectivity index is 2.24. The van der Waals surface area contributed by atoms with Gasteiger partial charge in [0.15, 0.2) is 0 Å². The summed E-state index contributed by atoms with van der Waals surface area (Å²) in [6.07, 6.45) is 1.49. The third-order valence-corrected chi connectivity index (χ3v) is 3.71. The highest BCUT2D eigenvalue weighted by molar-refractivity contribution is 5.78. The van der Waals surface area contributed by atoms with Gasteiger partial charge in [0.1, 0.15) is 11.5 Å². The van der Waals surface area contributed by atoms with E-state index in [0.29, 0.717) is 24.6 Å². The molecule has 0 unspecified atom stereocenters. The summed E-state index contributed by atoms with van der Waals surface area (Å²) in [6.45, 7) is 4.56. The fourth-order valence-corrected chi connectivity index (χ4v) is 2.70. The molecule has 104 valence electrons. The minimum atomic E-state index is -0.380. The van der Waals surface area contributed by atoms with Crippen molar-refractivity contribution in [2.75, 3.05) is 18.0 Å². The SMILES string of the molecule is CC(=O)C1CCN(c2c([N+](=O)[O-])c(C)nn2C)CC1. The molecule has 0 aliphatic carbocycles.